The fraction of sp³-hybridized carbons (Fsp3) is 0.368. The number of amides is 1. The Morgan fingerprint density at radius 2 is 1.78 bits per heavy atom. The fourth-order valence-corrected chi connectivity index (χ4v) is 3.09. The molecule has 27 heavy (non-hydrogen) atoms. The van der Waals surface area contributed by atoms with Gasteiger partial charge in [0.2, 0.25) is 6.41 Å². The van der Waals surface area contributed by atoms with Gasteiger partial charge in [0.25, 0.3) is 0 Å². The van der Waals surface area contributed by atoms with Gasteiger partial charge in [-0.2, -0.15) is 0 Å². The third-order valence-electron chi connectivity index (χ3n) is 4.57. The lowest BCUT2D eigenvalue weighted by Gasteiger charge is -2.35. The monoisotopic (exact) mass is 389 g/mol. The molecule has 0 saturated carbocycles. The molecule has 0 unspecified atom stereocenters. The van der Waals surface area contributed by atoms with E-state index in [0.717, 1.165) is 56.2 Å². The number of anilines is 1. The van der Waals surface area contributed by atoms with Gasteiger partial charge in [0.15, 0.2) is 11.6 Å². The van der Waals surface area contributed by atoms with E-state index in [1.807, 2.05) is 24.3 Å². The van der Waals surface area contributed by atoms with Gasteiger partial charge in [-0.15, -0.1) is 12.4 Å². The van der Waals surface area contributed by atoms with Gasteiger partial charge in [-0.3, -0.25) is 19.5 Å². The molecule has 0 atom stereocenters. The van der Waals surface area contributed by atoms with Gasteiger partial charge in [-0.25, -0.2) is 4.98 Å². The van der Waals surface area contributed by atoms with Crippen LogP contribution in [0.25, 0.3) is 11.3 Å². The average Bonchev–Trinajstić information content (AvgIpc) is 2.69. The van der Waals surface area contributed by atoms with Crippen molar-refractivity contribution in [1.29, 1.82) is 0 Å². The number of carbonyl (C=O) groups is 2. The summed E-state index contributed by atoms with van der Waals surface area (Å²) in [6, 6.07) is 7.50. The first kappa shape index (κ1) is 20.8. The normalized spacial score (nSPS) is 14.3. The predicted molar refractivity (Wildman–Crippen MR) is 107 cm³/mol. The van der Waals surface area contributed by atoms with Crippen LogP contribution in [0.1, 0.15) is 17.3 Å². The van der Waals surface area contributed by atoms with Crippen molar-refractivity contribution in [2.45, 2.75) is 6.92 Å². The van der Waals surface area contributed by atoms with Crippen LogP contribution in [0, 0.1) is 0 Å². The van der Waals surface area contributed by atoms with Gasteiger partial charge in [-0.05, 0) is 6.92 Å². The number of carbonyl (C=O) groups excluding carboxylic acids is 2. The van der Waals surface area contributed by atoms with Crippen molar-refractivity contribution < 1.29 is 9.59 Å². The van der Waals surface area contributed by atoms with Crippen LogP contribution in [0.4, 0.5) is 5.82 Å². The number of hydrogen-bond acceptors (Lipinski definition) is 6. The summed E-state index contributed by atoms with van der Waals surface area (Å²) in [6.07, 6.45) is 4.14. The molecule has 0 radical (unpaired) electrons. The number of aromatic nitrogens is 2. The van der Waals surface area contributed by atoms with Crippen LogP contribution in [-0.4, -0.2) is 66.3 Å². The number of rotatable bonds is 7. The van der Waals surface area contributed by atoms with Crippen molar-refractivity contribution in [3.05, 3.63) is 42.2 Å². The maximum absolute atomic E-state index is 11.5. The smallest absolute Gasteiger partial charge is 0.207 e. The minimum atomic E-state index is 0. The highest BCUT2D eigenvalue weighted by atomic mass is 35.5. The molecule has 0 bridgehead atoms. The Hall–Kier alpha value is -2.51. The summed E-state index contributed by atoms with van der Waals surface area (Å²) in [5, 5.41) is 2.70. The van der Waals surface area contributed by atoms with Crippen LogP contribution in [0.3, 0.4) is 0 Å². The minimum Gasteiger partial charge on any atom is -0.357 e. The highest BCUT2D eigenvalue weighted by Gasteiger charge is 2.21. The summed E-state index contributed by atoms with van der Waals surface area (Å²) in [4.78, 5) is 35.5. The second-order valence-corrected chi connectivity index (χ2v) is 6.26. The molecular weight excluding hydrogens is 366 g/mol. The second kappa shape index (κ2) is 9.99. The molecule has 1 aliphatic rings. The van der Waals surface area contributed by atoms with Gasteiger partial charge in [0, 0.05) is 62.8 Å². The number of piperazine rings is 1. The number of Topliss-reactive ketones (excluding diaryl/α,β-unsaturated/α-hetero) is 1. The zero-order valence-corrected chi connectivity index (χ0v) is 16.1. The molecule has 2 aromatic rings. The lowest BCUT2D eigenvalue weighted by Crippen LogP contribution is -2.48. The molecule has 1 aromatic carbocycles. The quantitative estimate of drug-likeness (QED) is 0.440. The molecule has 144 valence electrons. The summed E-state index contributed by atoms with van der Waals surface area (Å²) >= 11 is 0. The van der Waals surface area contributed by atoms with Crippen molar-refractivity contribution in [2.75, 3.05) is 44.2 Å². The van der Waals surface area contributed by atoms with Crippen LogP contribution in [0.2, 0.25) is 0 Å². The third kappa shape index (κ3) is 5.24. The summed E-state index contributed by atoms with van der Waals surface area (Å²) in [6.45, 7) is 6.64. The minimum absolute atomic E-state index is 0. The number of halogens is 1. The van der Waals surface area contributed by atoms with E-state index in [9.17, 15) is 9.59 Å². The first-order valence-corrected chi connectivity index (χ1v) is 8.76. The number of hydrogen-bond donors (Lipinski definition) is 1. The standard InChI is InChI=1S/C19H23N5O2.ClH/c1-15(26)16-2-4-17(5-3-16)18-19(22-7-6-21-18)24-12-10-23(11-13-24)9-8-20-14-25;/h2-7,14H,8-13H2,1H3,(H,20,25);1H. The summed E-state index contributed by atoms with van der Waals surface area (Å²) in [5.41, 5.74) is 2.48. The zero-order chi connectivity index (χ0) is 18.4. The topological polar surface area (TPSA) is 78.4 Å². The van der Waals surface area contributed by atoms with Gasteiger partial charge in [0.1, 0.15) is 5.69 Å². The van der Waals surface area contributed by atoms with Crippen molar-refractivity contribution >= 4 is 30.4 Å². The zero-order valence-electron chi connectivity index (χ0n) is 15.3. The number of benzene rings is 1. The van der Waals surface area contributed by atoms with Crippen molar-refractivity contribution in [2.24, 2.45) is 0 Å². The highest BCUT2D eigenvalue weighted by molar-refractivity contribution is 5.94. The van der Waals surface area contributed by atoms with Crippen molar-refractivity contribution in [3.8, 4) is 11.3 Å². The molecule has 1 aliphatic heterocycles. The predicted octanol–water partition coefficient (Wildman–Crippen LogP) is 1.64. The van der Waals surface area contributed by atoms with Crippen LogP contribution < -0.4 is 10.2 Å². The van der Waals surface area contributed by atoms with E-state index in [-0.39, 0.29) is 18.2 Å². The van der Waals surface area contributed by atoms with Crippen LogP contribution in [0.5, 0.6) is 0 Å². The first-order chi connectivity index (χ1) is 12.7. The van der Waals surface area contributed by atoms with E-state index in [2.05, 4.69) is 25.1 Å². The van der Waals surface area contributed by atoms with E-state index in [0.29, 0.717) is 12.1 Å². The molecule has 1 aromatic heterocycles. The summed E-state index contributed by atoms with van der Waals surface area (Å²) in [7, 11) is 0. The summed E-state index contributed by atoms with van der Waals surface area (Å²) < 4.78 is 0. The first-order valence-electron chi connectivity index (χ1n) is 8.76. The SMILES string of the molecule is CC(=O)c1ccc(-c2nccnc2N2CCN(CCNC=O)CC2)cc1.Cl. The molecule has 7 nitrogen and oxygen atoms in total. The molecule has 1 N–H and O–H groups in total. The number of ketones is 1. The Morgan fingerprint density at radius 3 is 2.41 bits per heavy atom. The van der Waals surface area contributed by atoms with Gasteiger partial charge in [-0.1, -0.05) is 24.3 Å². The molecule has 1 amide bonds. The third-order valence-corrected chi connectivity index (χ3v) is 4.57. The maximum Gasteiger partial charge on any atom is 0.207 e. The largest absolute Gasteiger partial charge is 0.357 e. The lowest BCUT2D eigenvalue weighted by atomic mass is 10.1. The Labute approximate surface area is 165 Å². The van der Waals surface area contributed by atoms with Crippen LogP contribution >= 0.6 is 12.4 Å². The highest BCUT2D eigenvalue weighted by Crippen LogP contribution is 2.27. The summed E-state index contributed by atoms with van der Waals surface area (Å²) in [5.74, 6) is 0.921. The van der Waals surface area contributed by atoms with E-state index in [1.54, 1.807) is 19.3 Å². The number of nitrogens with zero attached hydrogens (tertiary/aromatic N) is 4. The van der Waals surface area contributed by atoms with Gasteiger partial charge < -0.3 is 10.2 Å². The van der Waals surface area contributed by atoms with E-state index in [1.165, 1.54) is 0 Å². The fourth-order valence-electron chi connectivity index (χ4n) is 3.09. The number of nitrogens with one attached hydrogen (secondary N) is 1. The second-order valence-electron chi connectivity index (χ2n) is 6.26. The van der Waals surface area contributed by atoms with Gasteiger partial charge >= 0.3 is 0 Å². The van der Waals surface area contributed by atoms with E-state index >= 15 is 0 Å². The molecule has 2 heterocycles. The van der Waals surface area contributed by atoms with Crippen molar-refractivity contribution in [3.63, 3.8) is 0 Å². The molecule has 0 spiro atoms. The Kier molecular flexibility index (Phi) is 7.69. The lowest BCUT2D eigenvalue weighted by molar-refractivity contribution is -0.109. The Morgan fingerprint density at radius 1 is 1.11 bits per heavy atom. The van der Waals surface area contributed by atoms with E-state index in [4.69, 9.17) is 0 Å². The Bertz CT molecular complexity index is 761. The molecule has 3 rings (SSSR count). The van der Waals surface area contributed by atoms with E-state index < -0.39 is 0 Å². The molecular formula is C19H24ClN5O2. The maximum atomic E-state index is 11.5. The van der Waals surface area contributed by atoms with Crippen LogP contribution in [0.15, 0.2) is 36.7 Å². The van der Waals surface area contributed by atoms with Crippen molar-refractivity contribution in [1.82, 2.24) is 20.2 Å². The average molecular weight is 390 g/mol. The Balaban J connectivity index is 0.00000261. The molecule has 1 fully saturated rings. The van der Waals surface area contributed by atoms with Crippen LogP contribution in [-0.2, 0) is 4.79 Å². The molecule has 1 saturated heterocycles. The molecule has 8 heteroatoms. The molecule has 0 aliphatic carbocycles. The van der Waals surface area contributed by atoms with Gasteiger partial charge in [0.05, 0.1) is 0 Å².